The van der Waals surface area contributed by atoms with Gasteiger partial charge in [-0.2, -0.15) is 0 Å². The Kier molecular flexibility index (Phi) is 3.98. The fourth-order valence-corrected chi connectivity index (χ4v) is 3.55. The maximum atomic E-state index is 5.71. The molecule has 1 aliphatic rings. The molecule has 3 nitrogen and oxygen atoms in total. The van der Waals surface area contributed by atoms with E-state index >= 15 is 0 Å². The molecule has 4 rings (SSSR count). The summed E-state index contributed by atoms with van der Waals surface area (Å²) in [4.78, 5) is 0. The van der Waals surface area contributed by atoms with E-state index in [1.165, 1.54) is 21.8 Å². The molecule has 0 radical (unpaired) electrons. The number of rotatable bonds is 5. The molecule has 0 bridgehead atoms. The summed E-state index contributed by atoms with van der Waals surface area (Å²) in [6.45, 7) is 3.09. The van der Waals surface area contributed by atoms with E-state index in [2.05, 4.69) is 72.8 Å². The Morgan fingerprint density at radius 2 is 1.64 bits per heavy atom. The van der Waals surface area contributed by atoms with Gasteiger partial charge in [-0.15, -0.1) is 0 Å². The molecule has 2 heterocycles. The Hall–Kier alpha value is -0.880. The second-order valence-electron chi connectivity index (χ2n) is 5.50. The summed E-state index contributed by atoms with van der Waals surface area (Å²) in [5.74, 6) is 0. The highest BCUT2D eigenvalue weighted by molar-refractivity contribution is 9.10. The Morgan fingerprint density at radius 3 is 2.18 bits per heavy atom. The maximum absolute atomic E-state index is 5.71. The summed E-state index contributed by atoms with van der Waals surface area (Å²) in [7, 11) is 0. The minimum absolute atomic E-state index is 0.324. The Balaban J connectivity index is 1.73. The molecule has 3 aromatic rings. The van der Waals surface area contributed by atoms with E-state index in [1.807, 2.05) is 0 Å². The molecule has 1 saturated heterocycles. The van der Waals surface area contributed by atoms with Crippen molar-refractivity contribution in [1.82, 2.24) is 4.57 Å². The first-order valence-corrected chi connectivity index (χ1v) is 8.87. The minimum Gasteiger partial charge on any atom is -0.377 e. The molecule has 22 heavy (non-hydrogen) atoms. The van der Waals surface area contributed by atoms with Crippen molar-refractivity contribution in [2.45, 2.75) is 12.6 Å². The van der Waals surface area contributed by atoms with Gasteiger partial charge in [0.1, 0.15) is 6.10 Å². The molecule has 2 aromatic carbocycles. The standard InChI is InChI=1S/C17H15Br2NO2/c18-11-1-3-16-14(7-11)15-8-12(19)2-4-17(15)20(16)5-6-21-9-13-10-22-13/h1-4,7-8,13H,5-6,9-10H2. The average Bonchev–Trinajstić information content (AvgIpc) is 3.28. The number of hydrogen-bond acceptors (Lipinski definition) is 2. The lowest BCUT2D eigenvalue weighted by atomic mass is 10.2. The number of hydrogen-bond donors (Lipinski definition) is 0. The van der Waals surface area contributed by atoms with Crippen LogP contribution in [-0.4, -0.2) is 30.5 Å². The number of halogens is 2. The van der Waals surface area contributed by atoms with Crippen LogP contribution >= 0.6 is 31.9 Å². The van der Waals surface area contributed by atoms with E-state index in [0.717, 1.165) is 22.1 Å². The van der Waals surface area contributed by atoms with Gasteiger partial charge in [-0.3, -0.25) is 0 Å². The molecule has 1 unspecified atom stereocenters. The van der Waals surface area contributed by atoms with Crippen LogP contribution in [0.15, 0.2) is 45.3 Å². The second-order valence-corrected chi connectivity index (χ2v) is 7.34. The molecule has 1 aliphatic heterocycles. The van der Waals surface area contributed by atoms with Crippen molar-refractivity contribution in [1.29, 1.82) is 0 Å². The van der Waals surface area contributed by atoms with Crippen molar-refractivity contribution in [2.75, 3.05) is 19.8 Å². The third-order valence-electron chi connectivity index (χ3n) is 3.95. The van der Waals surface area contributed by atoms with Gasteiger partial charge in [0, 0.05) is 37.3 Å². The fourth-order valence-electron chi connectivity index (χ4n) is 2.82. The second kappa shape index (κ2) is 5.96. The summed E-state index contributed by atoms with van der Waals surface area (Å²) in [6.07, 6.45) is 0.324. The van der Waals surface area contributed by atoms with Crippen LogP contribution < -0.4 is 0 Å². The SMILES string of the molecule is Brc1ccc2c(c1)c1cc(Br)ccc1n2CCOCC1CO1. The van der Waals surface area contributed by atoms with Crippen molar-refractivity contribution in [3.05, 3.63) is 45.3 Å². The van der Waals surface area contributed by atoms with E-state index in [4.69, 9.17) is 9.47 Å². The first kappa shape index (κ1) is 14.7. The van der Waals surface area contributed by atoms with Crippen LogP contribution in [-0.2, 0) is 16.0 Å². The summed E-state index contributed by atoms with van der Waals surface area (Å²) in [6, 6.07) is 12.9. The van der Waals surface area contributed by atoms with E-state index in [-0.39, 0.29) is 0 Å². The van der Waals surface area contributed by atoms with Gasteiger partial charge in [0.05, 0.1) is 19.8 Å². The summed E-state index contributed by atoms with van der Waals surface area (Å²) in [5, 5.41) is 2.52. The molecular weight excluding hydrogens is 410 g/mol. The molecule has 1 aromatic heterocycles. The lowest BCUT2D eigenvalue weighted by Crippen LogP contribution is -2.09. The minimum atomic E-state index is 0.324. The predicted octanol–water partition coefficient (Wildman–Crippen LogP) is 4.73. The van der Waals surface area contributed by atoms with Gasteiger partial charge >= 0.3 is 0 Å². The lowest BCUT2D eigenvalue weighted by molar-refractivity contribution is 0.111. The normalized spacial score (nSPS) is 17.5. The molecule has 0 amide bonds. The van der Waals surface area contributed by atoms with Gasteiger partial charge in [0.15, 0.2) is 0 Å². The highest BCUT2D eigenvalue weighted by Gasteiger charge is 2.22. The van der Waals surface area contributed by atoms with Crippen LogP contribution in [0, 0.1) is 0 Å². The lowest BCUT2D eigenvalue weighted by Gasteiger charge is -2.08. The third-order valence-corrected chi connectivity index (χ3v) is 4.94. The predicted molar refractivity (Wildman–Crippen MR) is 95.4 cm³/mol. The van der Waals surface area contributed by atoms with Crippen LogP contribution in [0.4, 0.5) is 0 Å². The Bertz CT molecular complexity index is 780. The molecule has 0 spiro atoms. The van der Waals surface area contributed by atoms with Crippen molar-refractivity contribution < 1.29 is 9.47 Å². The summed E-state index contributed by atoms with van der Waals surface area (Å²) >= 11 is 7.15. The molecular formula is C17H15Br2NO2. The first-order valence-electron chi connectivity index (χ1n) is 7.29. The summed E-state index contributed by atoms with van der Waals surface area (Å²) < 4.78 is 15.4. The zero-order valence-electron chi connectivity index (χ0n) is 11.9. The van der Waals surface area contributed by atoms with Gasteiger partial charge in [-0.25, -0.2) is 0 Å². The molecule has 0 saturated carbocycles. The van der Waals surface area contributed by atoms with Gasteiger partial charge in [0.25, 0.3) is 0 Å². The maximum Gasteiger partial charge on any atom is 0.104 e. The zero-order valence-corrected chi connectivity index (χ0v) is 15.1. The molecule has 0 N–H and O–H groups in total. The third kappa shape index (κ3) is 2.83. The van der Waals surface area contributed by atoms with Crippen molar-refractivity contribution in [3.63, 3.8) is 0 Å². The van der Waals surface area contributed by atoms with Crippen molar-refractivity contribution in [2.24, 2.45) is 0 Å². The molecule has 1 atom stereocenters. The van der Waals surface area contributed by atoms with Crippen LogP contribution in [0.1, 0.15) is 0 Å². The zero-order chi connectivity index (χ0) is 15.1. The Morgan fingerprint density at radius 1 is 1.05 bits per heavy atom. The van der Waals surface area contributed by atoms with Crippen LogP contribution in [0.2, 0.25) is 0 Å². The molecule has 1 fully saturated rings. The average molecular weight is 425 g/mol. The quantitative estimate of drug-likeness (QED) is 0.437. The number of nitrogens with zero attached hydrogens (tertiary/aromatic N) is 1. The number of ether oxygens (including phenoxy) is 2. The smallest absolute Gasteiger partial charge is 0.104 e. The van der Waals surface area contributed by atoms with Crippen LogP contribution in [0.5, 0.6) is 0 Å². The van der Waals surface area contributed by atoms with Crippen molar-refractivity contribution in [3.8, 4) is 0 Å². The number of epoxide rings is 1. The van der Waals surface area contributed by atoms with Crippen LogP contribution in [0.25, 0.3) is 21.8 Å². The number of aromatic nitrogens is 1. The molecule has 5 heteroatoms. The van der Waals surface area contributed by atoms with E-state index in [0.29, 0.717) is 19.3 Å². The first-order chi connectivity index (χ1) is 10.7. The fraction of sp³-hybridized carbons (Fsp3) is 0.294. The monoisotopic (exact) mass is 423 g/mol. The van der Waals surface area contributed by atoms with Gasteiger partial charge in [-0.05, 0) is 36.4 Å². The van der Waals surface area contributed by atoms with Gasteiger partial charge in [0.2, 0.25) is 0 Å². The number of benzene rings is 2. The van der Waals surface area contributed by atoms with Gasteiger partial charge < -0.3 is 14.0 Å². The topological polar surface area (TPSA) is 26.7 Å². The summed E-state index contributed by atoms with van der Waals surface area (Å²) in [5.41, 5.74) is 2.48. The van der Waals surface area contributed by atoms with E-state index < -0.39 is 0 Å². The molecule has 114 valence electrons. The van der Waals surface area contributed by atoms with Gasteiger partial charge in [-0.1, -0.05) is 31.9 Å². The van der Waals surface area contributed by atoms with Crippen molar-refractivity contribution >= 4 is 53.7 Å². The molecule has 0 aliphatic carbocycles. The largest absolute Gasteiger partial charge is 0.377 e. The van der Waals surface area contributed by atoms with E-state index in [9.17, 15) is 0 Å². The van der Waals surface area contributed by atoms with Crippen LogP contribution in [0.3, 0.4) is 0 Å². The Labute approximate surface area is 145 Å². The highest BCUT2D eigenvalue weighted by atomic mass is 79.9. The van der Waals surface area contributed by atoms with E-state index in [1.54, 1.807) is 0 Å². The number of fused-ring (bicyclic) bond motifs is 3. The highest BCUT2D eigenvalue weighted by Crippen LogP contribution is 2.32.